The van der Waals surface area contributed by atoms with Crippen molar-refractivity contribution in [3.05, 3.63) is 30.1 Å². The third-order valence-corrected chi connectivity index (χ3v) is 3.72. The highest BCUT2D eigenvalue weighted by Crippen LogP contribution is 2.10. The first kappa shape index (κ1) is 15.4. The fraction of sp³-hybridized carbons (Fsp3) is 0.533. The lowest BCUT2D eigenvalue weighted by Crippen LogP contribution is -2.41. The summed E-state index contributed by atoms with van der Waals surface area (Å²) in [5, 5.41) is 0. The zero-order valence-corrected chi connectivity index (χ0v) is 12.5. The van der Waals surface area contributed by atoms with E-state index in [9.17, 15) is 9.59 Å². The Balaban J connectivity index is 1.98. The fourth-order valence-corrected chi connectivity index (χ4v) is 2.38. The van der Waals surface area contributed by atoms with Crippen LogP contribution in [0.25, 0.3) is 0 Å². The van der Waals surface area contributed by atoms with Crippen LogP contribution >= 0.6 is 0 Å². The SMILES string of the molecule is COC(C)C(=O)N1CCCN(C(=O)c2ccncc2)CC1. The van der Waals surface area contributed by atoms with Gasteiger partial charge in [-0.2, -0.15) is 0 Å². The molecule has 1 aliphatic heterocycles. The molecule has 2 amide bonds. The molecule has 1 saturated heterocycles. The number of ether oxygens (including phenoxy) is 1. The molecule has 0 bridgehead atoms. The smallest absolute Gasteiger partial charge is 0.254 e. The second kappa shape index (κ2) is 7.17. The molecule has 1 fully saturated rings. The van der Waals surface area contributed by atoms with Gasteiger partial charge >= 0.3 is 0 Å². The molecule has 6 heteroatoms. The number of methoxy groups -OCH3 is 1. The van der Waals surface area contributed by atoms with Crippen molar-refractivity contribution in [3.63, 3.8) is 0 Å². The van der Waals surface area contributed by atoms with Crippen LogP contribution in [-0.2, 0) is 9.53 Å². The lowest BCUT2D eigenvalue weighted by atomic mass is 10.2. The Bertz CT molecular complexity index is 492. The first-order valence-electron chi connectivity index (χ1n) is 7.14. The van der Waals surface area contributed by atoms with Gasteiger partial charge in [0.15, 0.2) is 0 Å². The summed E-state index contributed by atoms with van der Waals surface area (Å²) in [6.07, 6.45) is 3.56. The highest BCUT2D eigenvalue weighted by atomic mass is 16.5. The van der Waals surface area contributed by atoms with E-state index in [1.165, 1.54) is 7.11 Å². The monoisotopic (exact) mass is 291 g/mol. The van der Waals surface area contributed by atoms with Gasteiger partial charge < -0.3 is 14.5 Å². The van der Waals surface area contributed by atoms with Crippen molar-refractivity contribution in [1.29, 1.82) is 0 Å². The molecule has 21 heavy (non-hydrogen) atoms. The number of carbonyl (C=O) groups excluding carboxylic acids is 2. The molecule has 1 aromatic rings. The number of hydrogen-bond donors (Lipinski definition) is 0. The van der Waals surface area contributed by atoms with Crippen molar-refractivity contribution in [2.24, 2.45) is 0 Å². The van der Waals surface area contributed by atoms with Crippen LogP contribution in [0.2, 0.25) is 0 Å². The third kappa shape index (κ3) is 3.78. The van der Waals surface area contributed by atoms with Crippen molar-refractivity contribution in [3.8, 4) is 0 Å². The average Bonchev–Trinajstić information content (AvgIpc) is 2.79. The number of pyridine rings is 1. The topological polar surface area (TPSA) is 62.7 Å². The van der Waals surface area contributed by atoms with Gasteiger partial charge in [-0.25, -0.2) is 0 Å². The van der Waals surface area contributed by atoms with Crippen molar-refractivity contribution in [2.75, 3.05) is 33.3 Å². The largest absolute Gasteiger partial charge is 0.372 e. The van der Waals surface area contributed by atoms with Crippen molar-refractivity contribution >= 4 is 11.8 Å². The van der Waals surface area contributed by atoms with Crippen LogP contribution in [0, 0.1) is 0 Å². The zero-order chi connectivity index (χ0) is 15.2. The highest BCUT2D eigenvalue weighted by molar-refractivity contribution is 5.94. The number of nitrogens with zero attached hydrogens (tertiary/aromatic N) is 3. The maximum atomic E-state index is 12.4. The molecule has 0 N–H and O–H groups in total. The van der Waals surface area contributed by atoms with Crippen molar-refractivity contribution < 1.29 is 14.3 Å². The first-order valence-corrected chi connectivity index (χ1v) is 7.14. The van der Waals surface area contributed by atoms with Gasteiger partial charge in [-0.3, -0.25) is 14.6 Å². The normalized spacial score (nSPS) is 17.2. The van der Waals surface area contributed by atoms with Crippen molar-refractivity contribution in [1.82, 2.24) is 14.8 Å². The predicted octanol–water partition coefficient (Wildman–Crippen LogP) is 0.791. The van der Waals surface area contributed by atoms with E-state index in [1.54, 1.807) is 41.2 Å². The Labute approximate surface area is 124 Å². The minimum atomic E-state index is -0.438. The molecule has 1 atom stereocenters. The van der Waals surface area contributed by atoms with E-state index in [1.807, 2.05) is 0 Å². The predicted molar refractivity (Wildman–Crippen MR) is 77.8 cm³/mol. The molecule has 1 aromatic heterocycles. The van der Waals surface area contributed by atoms with E-state index in [0.717, 1.165) is 6.42 Å². The molecule has 0 spiro atoms. The Morgan fingerprint density at radius 1 is 1.14 bits per heavy atom. The average molecular weight is 291 g/mol. The summed E-state index contributed by atoms with van der Waals surface area (Å²) in [6.45, 7) is 4.15. The number of carbonyl (C=O) groups is 2. The van der Waals surface area contributed by atoms with Crippen LogP contribution in [-0.4, -0.2) is 66.0 Å². The maximum absolute atomic E-state index is 12.4. The van der Waals surface area contributed by atoms with Crippen LogP contribution in [0.1, 0.15) is 23.7 Å². The Hall–Kier alpha value is -1.95. The molecule has 1 unspecified atom stereocenters. The molecule has 114 valence electrons. The van der Waals surface area contributed by atoms with Gasteiger partial charge in [-0.1, -0.05) is 0 Å². The van der Waals surface area contributed by atoms with E-state index < -0.39 is 6.10 Å². The minimum Gasteiger partial charge on any atom is -0.372 e. The lowest BCUT2D eigenvalue weighted by molar-refractivity contribution is -0.140. The van der Waals surface area contributed by atoms with Gasteiger partial charge in [0.2, 0.25) is 0 Å². The first-order chi connectivity index (χ1) is 10.1. The summed E-state index contributed by atoms with van der Waals surface area (Å²) in [6, 6.07) is 3.42. The van der Waals surface area contributed by atoms with Gasteiger partial charge in [0, 0.05) is 51.2 Å². The second-order valence-corrected chi connectivity index (χ2v) is 5.08. The lowest BCUT2D eigenvalue weighted by Gasteiger charge is -2.24. The van der Waals surface area contributed by atoms with Crippen LogP contribution < -0.4 is 0 Å². The van der Waals surface area contributed by atoms with Gasteiger partial charge in [0.25, 0.3) is 11.8 Å². The molecule has 0 saturated carbocycles. The molecule has 2 rings (SSSR count). The van der Waals surface area contributed by atoms with E-state index in [-0.39, 0.29) is 11.8 Å². The van der Waals surface area contributed by atoms with Gasteiger partial charge in [0.05, 0.1) is 0 Å². The maximum Gasteiger partial charge on any atom is 0.254 e. The summed E-state index contributed by atoms with van der Waals surface area (Å²) in [5.74, 6) is -0.0257. The molecule has 0 aromatic carbocycles. The van der Waals surface area contributed by atoms with Crippen LogP contribution in [0.4, 0.5) is 0 Å². The molecule has 2 heterocycles. The number of hydrogen-bond acceptors (Lipinski definition) is 4. The fourth-order valence-electron chi connectivity index (χ4n) is 2.38. The summed E-state index contributed by atoms with van der Waals surface area (Å²) in [7, 11) is 1.53. The van der Waals surface area contributed by atoms with Crippen molar-refractivity contribution in [2.45, 2.75) is 19.4 Å². The van der Waals surface area contributed by atoms with Gasteiger partial charge in [-0.05, 0) is 25.5 Å². The minimum absolute atomic E-state index is 0.00788. The van der Waals surface area contributed by atoms with E-state index in [4.69, 9.17) is 4.74 Å². The molecule has 1 aliphatic rings. The van der Waals surface area contributed by atoms with E-state index >= 15 is 0 Å². The highest BCUT2D eigenvalue weighted by Gasteiger charge is 2.25. The van der Waals surface area contributed by atoms with Gasteiger partial charge in [-0.15, -0.1) is 0 Å². The summed E-state index contributed by atoms with van der Waals surface area (Å²) >= 11 is 0. The van der Waals surface area contributed by atoms with E-state index in [0.29, 0.717) is 31.7 Å². The van der Waals surface area contributed by atoms with E-state index in [2.05, 4.69) is 4.98 Å². The number of rotatable bonds is 3. The standard InChI is InChI=1S/C15H21N3O3/c1-12(21-2)14(19)17-8-3-9-18(11-10-17)15(20)13-4-6-16-7-5-13/h4-7,12H,3,8-11H2,1-2H3. The number of amides is 2. The molecule has 6 nitrogen and oxygen atoms in total. The van der Waals surface area contributed by atoms with Crippen LogP contribution in [0.15, 0.2) is 24.5 Å². The second-order valence-electron chi connectivity index (χ2n) is 5.08. The summed E-state index contributed by atoms with van der Waals surface area (Å²) < 4.78 is 5.07. The summed E-state index contributed by atoms with van der Waals surface area (Å²) in [4.78, 5) is 32.0. The van der Waals surface area contributed by atoms with Crippen LogP contribution in [0.5, 0.6) is 0 Å². The van der Waals surface area contributed by atoms with Gasteiger partial charge in [0.1, 0.15) is 6.10 Å². The molecular formula is C15H21N3O3. The zero-order valence-electron chi connectivity index (χ0n) is 12.5. The molecule has 0 aliphatic carbocycles. The number of aromatic nitrogens is 1. The Morgan fingerprint density at radius 3 is 2.43 bits per heavy atom. The Morgan fingerprint density at radius 2 is 1.76 bits per heavy atom. The molecular weight excluding hydrogens is 270 g/mol. The Kier molecular flexibility index (Phi) is 5.27. The molecule has 0 radical (unpaired) electrons. The van der Waals surface area contributed by atoms with Crippen LogP contribution in [0.3, 0.4) is 0 Å². The third-order valence-electron chi connectivity index (χ3n) is 3.72. The summed E-state index contributed by atoms with van der Waals surface area (Å²) in [5.41, 5.74) is 0.634. The quantitative estimate of drug-likeness (QED) is 0.826.